The van der Waals surface area contributed by atoms with Crippen LogP contribution in [0.3, 0.4) is 0 Å². The van der Waals surface area contributed by atoms with E-state index in [0.717, 1.165) is 24.3 Å². The Balaban J connectivity index is 0.000000196. The molecule has 1 unspecified atom stereocenters. The Labute approximate surface area is 193 Å². The van der Waals surface area contributed by atoms with Gasteiger partial charge in [-0.25, -0.2) is 18.8 Å². The summed E-state index contributed by atoms with van der Waals surface area (Å²) >= 11 is 0. The number of nitrogens with zero attached hydrogens (tertiary/aromatic N) is 2. The van der Waals surface area contributed by atoms with Crippen molar-refractivity contribution in [3.63, 3.8) is 0 Å². The molecule has 2 atom stereocenters. The summed E-state index contributed by atoms with van der Waals surface area (Å²) in [5.41, 5.74) is 7.26. The molecule has 0 aromatic heterocycles. The molecular weight excluding hydrogens is 492 g/mol. The fourth-order valence-corrected chi connectivity index (χ4v) is 3.40. The van der Waals surface area contributed by atoms with Crippen LogP contribution in [0.1, 0.15) is 35.2 Å². The highest BCUT2D eigenvalue weighted by molar-refractivity contribution is 5.74. The van der Waals surface area contributed by atoms with Crippen molar-refractivity contribution in [3.8, 4) is 0 Å². The van der Waals surface area contributed by atoms with Crippen LogP contribution >= 0.6 is 0 Å². The van der Waals surface area contributed by atoms with Gasteiger partial charge in [0.1, 0.15) is 36.4 Å². The van der Waals surface area contributed by atoms with Crippen molar-refractivity contribution in [1.29, 1.82) is 0 Å². The molecule has 2 aliphatic rings. The Hall–Kier alpha value is -3.58. The highest BCUT2D eigenvalue weighted by atomic mass is 19.4. The molecule has 35 heavy (non-hydrogen) atoms. The van der Waals surface area contributed by atoms with Gasteiger partial charge in [-0.1, -0.05) is 12.1 Å². The number of nitrogens with two attached hydrogens (primary N) is 2. The maximum Gasteiger partial charge on any atom is 0.416 e. The van der Waals surface area contributed by atoms with Crippen molar-refractivity contribution >= 4 is 12.0 Å². The second-order valence-corrected chi connectivity index (χ2v) is 7.73. The third-order valence-electron chi connectivity index (χ3n) is 5.09. The normalized spacial score (nSPS) is 21.9. The standard InChI is InChI=1S/C11H10F4N2O.C10H8F4N2O/c1-10(5-18-9(16)17-10)7-3-2-6(4-8(7)12)11(13,14)15;11-5-1-2-6(7(3-5)10(12,13)14)8-4-17-9(15)16-8/h2-4H,5H2,1H3,(H2,16,17);1-3,8H,4H2,(H2,15,16)/t10-;/m1./s1. The largest absolute Gasteiger partial charge is 0.463 e. The van der Waals surface area contributed by atoms with Crippen molar-refractivity contribution < 1.29 is 44.6 Å². The smallest absolute Gasteiger partial charge is 0.416 e. The number of aliphatic imine (C=N–C) groups is 2. The van der Waals surface area contributed by atoms with Gasteiger partial charge in [0.25, 0.3) is 12.0 Å². The van der Waals surface area contributed by atoms with E-state index in [0.29, 0.717) is 12.1 Å². The number of alkyl halides is 6. The monoisotopic (exact) mass is 510 g/mol. The van der Waals surface area contributed by atoms with Crippen LogP contribution in [0.4, 0.5) is 35.1 Å². The molecule has 0 spiro atoms. The number of hydrogen-bond donors (Lipinski definition) is 2. The zero-order valence-electron chi connectivity index (χ0n) is 17.8. The molecule has 6 nitrogen and oxygen atoms in total. The molecule has 0 saturated carbocycles. The van der Waals surface area contributed by atoms with Gasteiger partial charge in [-0.15, -0.1) is 0 Å². The number of rotatable bonds is 2. The summed E-state index contributed by atoms with van der Waals surface area (Å²) in [5.74, 6) is -1.92. The van der Waals surface area contributed by atoms with Crippen LogP contribution < -0.4 is 11.5 Å². The first kappa shape index (κ1) is 26.0. The molecule has 0 fully saturated rings. The molecule has 0 bridgehead atoms. The molecule has 2 aliphatic heterocycles. The number of benzene rings is 2. The Morgan fingerprint density at radius 2 is 1.60 bits per heavy atom. The number of amidine groups is 2. The summed E-state index contributed by atoms with van der Waals surface area (Å²) in [6.07, 6.45) is -9.21. The van der Waals surface area contributed by atoms with E-state index in [1.54, 1.807) is 6.92 Å². The first-order valence-corrected chi connectivity index (χ1v) is 9.78. The summed E-state index contributed by atoms with van der Waals surface area (Å²) < 4.78 is 112. The molecule has 0 saturated heterocycles. The quantitative estimate of drug-likeness (QED) is 0.576. The van der Waals surface area contributed by atoms with E-state index in [2.05, 4.69) is 9.98 Å². The van der Waals surface area contributed by atoms with E-state index in [1.165, 1.54) is 0 Å². The van der Waals surface area contributed by atoms with Crippen LogP contribution in [0.2, 0.25) is 0 Å². The Kier molecular flexibility index (Phi) is 6.86. The molecule has 2 aromatic carbocycles. The summed E-state index contributed by atoms with van der Waals surface area (Å²) in [4.78, 5) is 7.61. The Morgan fingerprint density at radius 3 is 2.09 bits per heavy atom. The van der Waals surface area contributed by atoms with Gasteiger partial charge >= 0.3 is 12.4 Å². The SMILES string of the molecule is C[C@]1(c2ccc(C(F)(F)F)cc2F)COC(N)=N1.NC1=NC(c2ccc(F)cc2C(F)(F)F)CO1. The van der Waals surface area contributed by atoms with E-state index >= 15 is 0 Å². The number of halogens is 8. The Bertz CT molecular complexity index is 1160. The first-order chi connectivity index (χ1) is 16.1. The van der Waals surface area contributed by atoms with E-state index in [4.69, 9.17) is 20.9 Å². The van der Waals surface area contributed by atoms with Crippen LogP contribution in [0, 0.1) is 11.6 Å². The average Bonchev–Trinajstić information content (AvgIpc) is 3.32. The number of ether oxygens (including phenoxy) is 2. The lowest BCUT2D eigenvalue weighted by atomic mass is 9.92. The van der Waals surface area contributed by atoms with Gasteiger partial charge < -0.3 is 20.9 Å². The zero-order valence-corrected chi connectivity index (χ0v) is 17.8. The minimum absolute atomic E-state index is 0.00111. The summed E-state index contributed by atoms with van der Waals surface area (Å²) in [6.45, 7) is 1.47. The summed E-state index contributed by atoms with van der Waals surface area (Å²) in [7, 11) is 0. The predicted molar refractivity (Wildman–Crippen MR) is 108 cm³/mol. The van der Waals surface area contributed by atoms with Gasteiger partial charge in [0.05, 0.1) is 11.1 Å². The lowest BCUT2D eigenvalue weighted by Crippen LogP contribution is -2.23. The predicted octanol–water partition coefficient (Wildman–Crippen LogP) is 4.64. The van der Waals surface area contributed by atoms with E-state index in [-0.39, 0.29) is 36.4 Å². The van der Waals surface area contributed by atoms with Crippen molar-refractivity contribution in [1.82, 2.24) is 0 Å². The Morgan fingerprint density at radius 1 is 0.914 bits per heavy atom. The number of hydrogen-bond acceptors (Lipinski definition) is 6. The second kappa shape index (κ2) is 9.23. The van der Waals surface area contributed by atoms with Crippen molar-refractivity contribution in [2.75, 3.05) is 13.2 Å². The molecule has 0 aliphatic carbocycles. The van der Waals surface area contributed by atoms with E-state index in [1.807, 2.05) is 0 Å². The topological polar surface area (TPSA) is 95.2 Å². The van der Waals surface area contributed by atoms with Gasteiger partial charge in [-0.3, -0.25) is 0 Å². The molecule has 190 valence electrons. The van der Waals surface area contributed by atoms with Crippen LogP contribution in [-0.4, -0.2) is 25.3 Å². The van der Waals surface area contributed by atoms with Crippen LogP contribution in [0.5, 0.6) is 0 Å². The molecule has 4 rings (SSSR count). The van der Waals surface area contributed by atoms with Crippen LogP contribution in [0.15, 0.2) is 46.4 Å². The molecule has 14 heteroatoms. The van der Waals surface area contributed by atoms with Gasteiger partial charge in [0.2, 0.25) is 0 Å². The molecular formula is C21H18F8N4O2. The van der Waals surface area contributed by atoms with Crippen molar-refractivity contribution in [2.45, 2.75) is 30.9 Å². The zero-order chi connectivity index (χ0) is 26.2. The molecule has 2 aromatic rings. The fraction of sp³-hybridized carbons (Fsp3) is 0.333. The van der Waals surface area contributed by atoms with E-state index < -0.39 is 46.7 Å². The third-order valence-corrected chi connectivity index (χ3v) is 5.09. The van der Waals surface area contributed by atoms with E-state index in [9.17, 15) is 35.1 Å². The summed E-state index contributed by atoms with van der Waals surface area (Å²) in [5, 5.41) is 0. The average molecular weight is 510 g/mol. The lowest BCUT2D eigenvalue weighted by molar-refractivity contribution is -0.139. The van der Waals surface area contributed by atoms with Gasteiger partial charge in [-0.2, -0.15) is 26.3 Å². The first-order valence-electron chi connectivity index (χ1n) is 9.78. The van der Waals surface area contributed by atoms with Gasteiger partial charge in [0.15, 0.2) is 0 Å². The highest BCUT2D eigenvalue weighted by Crippen LogP contribution is 2.38. The van der Waals surface area contributed by atoms with Crippen LogP contribution in [0.25, 0.3) is 0 Å². The lowest BCUT2D eigenvalue weighted by Gasteiger charge is -2.20. The molecule has 4 N–H and O–H groups in total. The fourth-order valence-electron chi connectivity index (χ4n) is 3.40. The third kappa shape index (κ3) is 5.92. The second-order valence-electron chi connectivity index (χ2n) is 7.73. The van der Waals surface area contributed by atoms with Crippen molar-refractivity contribution in [3.05, 3.63) is 70.3 Å². The maximum atomic E-state index is 13.7. The van der Waals surface area contributed by atoms with Gasteiger partial charge in [0, 0.05) is 5.56 Å². The summed E-state index contributed by atoms with van der Waals surface area (Å²) in [6, 6.07) is 3.67. The molecule has 0 amide bonds. The minimum atomic E-state index is -4.63. The van der Waals surface area contributed by atoms with Crippen LogP contribution in [-0.2, 0) is 27.4 Å². The van der Waals surface area contributed by atoms with Crippen molar-refractivity contribution in [2.24, 2.45) is 21.5 Å². The highest BCUT2D eigenvalue weighted by Gasteiger charge is 2.38. The van der Waals surface area contributed by atoms with Gasteiger partial charge in [-0.05, 0) is 36.8 Å². The minimum Gasteiger partial charge on any atom is -0.463 e. The molecule has 2 heterocycles. The molecule has 0 radical (unpaired) electrons. The maximum absolute atomic E-state index is 13.7.